The summed E-state index contributed by atoms with van der Waals surface area (Å²) in [6.07, 6.45) is 1.77. The summed E-state index contributed by atoms with van der Waals surface area (Å²) >= 11 is 0. The molecule has 0 radical (unpaired) electrons. The molecule has 0 aromatic carbocycles. The molecular weight excluding hydrogens is 244 g/mol. The van der Waals surface area contributed by atoms with Gasteiger partial charge in [-0.25, -0.2) is 4.79 Å². The Morgan fingerprint density at radius 1 is 1.53 bits per heavy atom. The summed E-state index contributed by atoms with van der Waals surface area (Å²) in [6.45, 7) is 9.03. The predicted octanol–water partition coefficient (Wildman–Crippen LogP) is 1.46. The standard InChI is InChI=1S/C14H28N2O3/c1-11(2)8-13(4-6-17)9-15-14(18)16-5-7-19-10-12(16)3/h11-13,17H,4-10H2,1-3H3,(H,15,18)/t12-,13+/m0/s1. The van der Waals surface area contributed by atoms with Crippen molar-refractivity contribution in [2.24, 2.45) is 11.8 Å². The molecule has 0 bridgehead atoms. The molecule has 2 amide bonds. The lowest BCUT2D eigenvalue weighted by atomic mass is 9.94. The molecule has 19 heavy (non-hydrogen) atoms. The van der Waals surface area contributed by atoms with Gasteiger partial charge in [0, 0.05) is 19.7 Å². The van der Waals surface area contributed by atoms with Crippen molar-refractivity contribution < 1.29 is 14.6 Å². The van der Waals surface area contributed by atoms with E-state index in [0.717, 1.165) is 12.8 Å². The summed E-state index contributed by atoms with van der Waals surface area (Å²) in [5.74, 6) is 0.932. The summed E-state index contributed by atoms with van der Waals surface area (Å²) in [6, 6.07) is 0.123. The quantitative estimate of drug-likeness (QED) is 0.769. The molecule has 1 rings (SSSR count). The van der Waals surface area contributed by atoms with Crippen LogP contribution in [-0.2, 0) is 4.74 Å². The highest BCUT2D eigenvalue weighted by Crippen LogP contribution is 2.14. The third-order valence-corrected chi connectivity index (χ3v) is 3.51. The lowest BCUT2D eigenvalue weighted by molar-refractivity contribution is 0.0187. The van der Waals surface area contributed by atoms with Crippen LogP contribution in [0.1, 0.15) is 33.6 Å². The van der Waals surface area contributed by atoms with Gasteiger partial charge in [-0.15, -0.1) is 0 Å². The Labute approximate surface area is 116 Å². The summed E-state index contributed by atoms with van der Waals surface area (Å²) in [5, 5.41) is 12.1. The monoisotopic (exact) mass is 272 g/mol. The zero-order chi connectivity index (χ0) is 14.3. The summed E-state index contributed by atoms with van der Waals surface area (Å²) < 4.78 is 5.32. The van der Waals surface area contributed by atoms with Crippen LogP contribution in [0.5, 0.6) is 0 Å². The van der Waals surface area contributed by atoms with Gasteiger partial charge >= 0.3 is 6.03 Å². The number of rotatable bonds is 6. The molecule has 5 nitrogen and oxygen atoms in total. The highest BCUT2D eigenvalue weighted by atomic mass is 16.5. The van der Waals surface area contributed by atoms with Gasteiger partial charge in [0.05, 0.1) is 19.3 Å². The number of hydrogen-bond donors (Lipinski definition) is 2. The van der Waals surface area contributed by atoms with Gasteiger partial charge in [-0.3, -0.25) is 0 Å². The molecule has 1 fully saturated rings. The zero-order valence-electron chi connectivity index (χ0n) is 12.4. The molecule has 0 aromatic rings. The summed E-state index contributed by atoms with van der Waals surface area (Å²) in [4.78, 5) is 13.9. The number of hydrogen-bond acceptors (Lipinski definition) is 3. The molecule has 5 heteroatoms. The molecule has 0 spiro atoms. The van der Waals surface area contributed by atoms with Crippen LogP contribution in [-0.4, -0.2) is 55.0 Å². The third-order valence-electron chi connectivity index (χ3n) is 3.51. The molecule has 0 aromatic heterocycles. The topological polar surface area (TPSA) is 61.8 Å². The van der Waals surface area contributed by atoms with Gasteiger partial charge in [-0.2, -0.15) is 0 Å². The van der Waals surface area contributed by atoms with E-state index in [4.69, 9.17) is 9.84 Å². The summed E-state index contributed by atoms with van der Waals surface area (Å²) in [7, 11) is 0. The lowest BCUT2D eigenvalue weighted by Crippen LogP contribution is -2.52. The minimum absolute atomic E-state index is 0.0116. The predicted molar refractivity (Wildman–Crippen MR) is 75.0 cm³/mol. The van der Waals surface area contributed by atoms with E-state index in [2.05, 4.69) is 19.2 Å². The Kier molecular flexibility index (Phi) is 7.16. The molecule has 112 valence electrons. The third kappa shape index (κ3) is 5.78. The minimum atomic E-state index is -0.0116. The van der Waals surface area contributed by atoms with Crippen LogP contribution >= 0.6 is 0 Å². The molecule has 2 N–H and O–H groups in total. The number of nitrogens with one attached hydrogen (secondary N) is 1. The van der Waals surface area contributed by atoms with E-state index < -0.39 is 0 Å². The van der Waals surface area contributed by atoms with Crippen molar-refractivity contribution >= 4 is 6.03 Å². The maximum Gasteiger partial charge on any atom is 0.317 e. The molecular formula is C14H28N2O3. The van der Waals surface area contributed by atoms with E-state index in [9.17, 15) is 4.79 Å². The fraction of sp³-hybridized carbons (Fsp3) is 0.929. The molecule has 2 atom stereocenters. The fourth-order valence-corrected chi connectivity index (χ4v) is 2.51. The van der Waals surface area contributed by atoms with E-state index >= 15 is 0 Å². The van der Waals surface area contributed by atoms with Crippen molar-refractivity contribution in [2.75, 3.05) is 32.9 Å². The van der Waals surface area contributed by atoms with E-state index in [1.54, 1.807) is 0 Å². The Morgan fingerprint density at radius 3 is 2.84 bits per heavy atom. The van der Waals surface area contributed by atoms with Gasteiger partial charge in [0.15, 0.2) is 0 Å². The van der Waals surface area contributed by atoms with Crippen LogP contribution in [0.25, 0.3) is 0 Å². The largest absolute Gasteiger partial charge is 0.396 e. The average Bonchev–Trinajstić information content (AvgIpc) is 2.36. The first-order valence-electron chi connectivity index (χ1n) is 7.27. The first kappa shape index (κ1) is 16.2. The van der Waals surface area contributed by atoms with Crippen LogP contribution in [0.4, 0.5) is 4.79 Å². The van der Waals surface area contributed by atoms with Crippen molar-refractivity contribution in [1.29, 1.82) is 0 Å². The SMILES string of the molecule is CC(C)C[C@@H](CCO)CNC(=O)N1CCOC[C@@H]1C. The molecule has 1 aliphatic heterocycles. The molecule has 0 unspecified atom stereocenters. The number of amides is 2. The Hall–Kier alpha value is -0.810. The average molecular weight is 272 g/mol. The van der Waals surface area contributed by atoms with Gasteiger partial charge in [-0.05, 0) is 31.6 Å². The second-order valence-corrected chi connectivity index (χ2v) is 5.81. The highest BCUT2D eigenvalue weighted by molar-refractivity contribution is 5.74. The number of aliphatic hydroxyl groups is 1. The van der Waals surface area contributed by atoms with Crippen molar-refractivity contribution in [2.45, 2.75) is 39.7 Å². The number of morpholine rings is 1. The van der Waals surface area contributed by atoms with Gasteiger partial charge < -0.3 is 20.1 Å². The normalized spacial score (nSPS) is 21.5. The Balaban J connectivity index is 2.37. The Morgan fingerprint density at radius 2 is 2.26 bits per heavy atom. The number of urea groups is 1. The van der Waals surface area contributed by atoms with Crippen LogP contribution in [0.3, 0.4) is 0 Å². The minimum Gasteiger partial charge on any atom is -0.396 e. The van der Waals surface area contributed by atoms with E-state index in [1.165, 1.54) is 0 Å². The van der Waals surface area contributed by atoms with Crippen LogP contribution in [0.2, 0.25) is 0 Å². The molecule has 1 heterocycles. The number of nitrogens with zero attached hydrogens (tertiary/aromatic N) is 1. The van der Waals surface area contributed by atoms with E-state index in [1.807, 2.05) is 11.8 Å². The number of carbonyl (C=O) groups is 1. The van der Waals surface area contributed by atoms with Crippen molar-refractivity contribution in [3.05, 3.63) is 0 Å². The van der Waals surface area contributed by atoms with Crippen LogP contribution < -0.4 is 5.32 Å². The Bertz CT molecular complexity index is 271. The zero-order valence-corrected chi connectivity index (χ0v) is 12.4. The van der Waals surface area contributed by atoms with Crippen molar-refractivity contribution in [3.63, 3.8) is 0 Å². The summed E-state index contributed by atoms with van der Waals surface area (Å²) in [5.41, 5.74) is 0. The smallest absolute Gasteiger partial charge is 0.317 e. The van der Waals surface area contributed by atoms with Gasteiger partial charge in [0.1, 0.15) is 0 Å². The maximum atomic E-state index is 12.1. The second-order valence-electron chi connectivity index (χ2n) is 5.81. The second kappa shape index (κ2) is 8.38. The van der Waals surface area contributed by atoms with E-state index in [0.29, 0.717) is 38.1 Å². The van der Waals surface area contributed by atoms with Crippen molar-refractivity contribution in [3.8, 4) is 0 Å². The van der Waals surface area contributed by atoms with Crippen LogP contribution in [0.15, 0.2) is 0 Å². The van der Waals surface area contributed by atoms with Gasteiger partial charge in [-0.1, -0.05) is 13.8 Å². The first-order chi connectivity index (χ1) is 9.04. The first-order valence-corrected chi connectivity index (χ1v) is 7.27. The van der Waals surface area contributed by atoms with Gasteiger partial charge in [0.2, 0.25) is 0 Å². The molecule has 0 saturated carbocycles. The molecule has 1 saturated heterocycles. The van der Waals surface area contributed by atoms with Crippen LogP contribution in [0, 0.1) is 11.8 Å². The number of aliphatic hydroxyl groups excluding tert-OH is 1. The number of carbonyl (C=O) groups excluding carboxylic acids is 1. The van der Waals surface area contributed by atoms with Gasteiger partial charge in [0.25, 0.3) is 0 Å². The highest BCUT2D eigenvalue weighted by Gasteiger charge is 2.24. The maximum absolute atomic E-state index is 12.1. The fourth-order valence-electron chi connectivity index (χ4n) is 2.51. The number of ether oxygens (including phenoxy) is 1. The van der Waals surface area contributed by atoms with E-state index in [-0.39, 0.29) is 18.7 Å². The van der Waals surface area contributed by atoms with Crippen molar-refractivity contribution in [1.82, 2.24) is 10.2 Å². The lowest BCUT2D eigenvalue weighted by Gasteiger charge is -2.33. The molecule has 1 aliphatic rings. The molecule has 0 aliphatic carbocycles.